The van der Waals surface area contributed by atoms with Crippen LogP contribution in [0.4, 0.5) is 0 Å². The number of carbonyl (C=O) groups is 1. The molecular weight excluding hydrogens is 254 g/mol. The lowest BCUT2D eigenvalue weighted by Crippen LogP contribution is -2.34. The molecule has 4 nitrogen and oxygen atoms in total. The van der Waals surface area contributed by atoms with E-state index < -0.39 is 5.97 Å². The molecule has 0 aliphatic carbocycles. The van der Waals surface area contributed by atoms with Gasteiger partial charge in [-0.2, -0.15) is 0 Å². The Hall–Kier alpha value is -1.55. The van der Waals surface area contributed by atoms with Gasteiger partial charge in [0.15, 0.2) is 0 Å². The lowest BCUT2D eigenvalue weighted by Gasteiger charge is -2.32. The molecule has 1 fully saturated rings. The highest BCUT2D eigenvalue weighted by atomic mass is 16.5. The van der Waals surface area contributed by atoms with Crippen LogP contribution in [0, 0.1) is 0 Å². The molecule has 2 unspecified atom stereocenters. The lowest BCUT2D eigenvalue weighted by atomic mass is 10.0. The van der Waals surface area contributed by atoms with Crippen molar-refractivity contribution in [1.82, 2.24) is 4.90 Å². The van der Waals surface area contributed by atoms with E-state index in [-0.39, 0.29) is 12.5 Å². The van der Waals surface area contributed by atoms with Crippen molar-refractivity contribution in [2.75, 3.05) is 13.7 Å². The summed E-state index contributed by atoms with van der Waals surface area (Å²) < 4.78 is 5.19. The van der Waals surface area contributed by atoms with Crippen LogP contribution in [0.25, 0.3) is 0 Å². The molecule has 0 saturated carbocycles. The first-order chi connectivity index (χ1) is 9.65. The zero-order valence-electron chi connectivity index (χ0n) is 12.2. The Bertz CT molecular complexity index is 444. The topological polar surface area (TPSA) is 49.8 Å². The van der Waals surface area contributed by atoms with Crippen LogP contribution >= 0.6 is 0 Å². The molecule has 110 valence electrons. The number of hydrogen-bond acceptors (Lipinski definition) is 3. The Kier molecular flexibility index (Phi) is 5.01. The predicted molar refractivity (Wildman–Crippen MR) is 78.0 cm³/mol. The third-order valence-corrected chi connectivity index (χ3v) is 4.12. The van der Waals surface area contributed by atoms with Crippen LogP contribution in [0.1, 0.15) is 44.2 Å². The Balaban J connectivity index is 2.15. The highest BCUT2D eigenvalue weighted by molar-refractivity contribution is 5.67. The summed E-state index contributed by atoms with van der Waals surface area (Å²) in [5, 5.41) is 9.04. The number of benzene rings is 1. The SMILES string of the molecule is CCC(c1ccc(OC)cc1)N1CCCC1CC(=O)O. The fourth-order valence-corrected chi connectivity index (χ4v) is 3.18. The van der Waals surface area contributed by atoms with Crippen molar-refractivity contribution in [2.45, 2.75) is 44.7 Å². The number of aliphatic carboxylic acids is 1. The van der Waals surface area contributed by atoms with E-state index >= 15 is 0 Å². The van der Waals surface area contributed by atoms with E-state index in [1.165, 1.54) is 5.56 Å². The molecule has 0 aromatic heterocycles. The average molecular weight is 277 g/mol. The molecule has 0 bridgehead atoms. The molecule has 2 atom stereocenters. The molecule has 20 heavy (non-hydrogen) atoms. The molecule has 0 amide bonds. The maximum Gasteiger partial charge on any atom is 0.304 e. The summed E-state index contributed by atoms with van der Waals surface area (Å²) in [6.07, 6.45) is 3.30. The van der Waals surface area contributed by atoms with Crippen LogP contribution in [0.5, 0.6) is 5.75 Å². The van der Waals surface area contributed by atoms with Crippen molar-refractivity contribution in [3.05, 3.63) is 29.8 Å². The standard InChI is InChI=1S/C16H23NO3/c1-3-15(12-6-8-14(20-2)9-7-12)17-10-4-5-13(17)11-16(18)19/h6-9,13,15H,3-5,10-11H2,1-2H3,(H,18,19). The molecule has 1 aromatic carbocycles. The number of carboxylic acids is 1. The Morgan fingerprint density at radius 1 is 1.45 bits per heavy atom. The van der Waals surface area contributed by atoms with E-state index in [2.05, 4.69) is 24.0 Å². The van der Waals surface area contributed by atoms with Gasteiger partial charge < -0.3 is 9.84 Å². The number of hydrogen-bond donors (Lipinski definition) is 1. The number of carboxylic acid groups (broad SMARTS) is 1. The van der Waals surface area contributed by atoms with Crippen LogP contribution < -0.4 is 4.74 Å². The van der Waals surface area contributed by atoms with Gasteiger partial charge in [-0.15, -0.1) is 0 Å². The summed E-state index contributed by atoms with van der Waals surface area (Å²) in [6, 6.07) is 8.58. The van der Waals surface area contributed by atoms with Crippen molar-refractivity contribution >= 4 is 5.97 Å². The number of methoxy groups -OCH3 is 1. The number of nitrogens with zero attached hydrogens (tertiary/aromatic N) is 1. The van der Waals surface area contributed by atoms with Gasteiger partial charge in [0.05, 0.1) is 13.5 Å². The first-order valence-corrected chi connectivity index (χ1v) is 7.27. The fraction of sp³-hybridized carbons (Fsp3) is 0.562. The lowest BCUT2D eigenvalue weighted by molar-refractivity contribution is -0.138. The maximum atomic E-state index is 11.0. The van der Waals surface area contributed by atoms with Gasteiger partial charge in [-0.25, -0.2) is 0 Å². The molecule has 4 heteroatoms. The van der Waals surface area contributed by atoms with Crippen LogP contribution in [-0.2, 0) is 4.79 Å². The van der Waals surface area contributed by atoms with Gasteiger partial charge in [0.25, 0.3) is 0 Å². The first-order valence-electron chi connectivity index (χ1n) is 7.27. The van der Waals surface area contributed by atoms with Gasteiger partial charge in [0.2, 0.25) is 0 Å². The fourth-order valence-electron chi connectivity index (χ4n) is 3.18. The van der Waals surface area contributed by atoms with Gasteiger partial charge in [0, 0.05) is 12.1 Å². The minimum atomic E-state index is -0.702. The highest BCUT2D eigenvalue weighted by Crippen LogP contribution is 2.33. The molecule has 1 aliphatic rings. The monoisotopic (exact) mass is 277 g/mol. The molecule has 1 saturated heterocycles. The van der Waals surface area contributed by atoms with E-state index in [4.69, 9.17) is 9.84 Å². The zero-order valence-corrected chi connectivity index (χ0v) is 12.2. The van der Waals surface area contributed by atoms with Crippen molar-refractivity contribution in [2.24, 2.45) is 0 Å². The summed E-state index contributed by atoms with van der Waals surface area (Å²) in [4.78, 5) is 13.3. The molecule has 1 N–H and O–H groups in total. The van der Waals surface area contributed by atoms with Crippen LogP contribution in [-0.4, -0.2) is 35.7 Å². The molecular formula is C16H23NO3. The normalized spacial score (nSPS) is 20.8. The summed E-state index contributed by atoms with van der Waals surface area (Å²) in [5.74, 6) is 0.151. The van der Waals surface area contributed by atoms with E-state index in [9.17, 15) is 4.79 Å². The number of ether oxygens (including phenoxy) is 1. The molecule has 1 aliphatic heterocycles. The average Bonchev–Trinajstić information content (AvgIpc) is 2.88. The van der Waals surface area contributed by atoms with Crippen LogP contribution in [0.2, 0.25) is 0 Å². The molecule has 1 aromatic rings. The third-order valence-electron chi connectivity index (χ3n) is 4.12. The smallest absolute Gasteiger partial charge is 0.304 e. The van der Waals surface area contributed by atoms with Gasteiger partial charge in [-0.3, -0.25) is 9.69 Å². The van der Waals surface area contributed by atoms with Gasteiger partial charge in [0.1, 0.15) is 5.75 Å². The first kappa shape index (κ1) is 14.9. The van der Waals surface area contributed by atoms with Gasteiger partial charge in [-0.1, -0.05) is 19.1 Å². The van der Waals surface area contributed by atoms with E-state index in [0.29, 0.717) is 6.04 Å². The van der Waals surface area contributed by atoms with Gasteiger partial charge in [-0.05, 0) is 43.5 Å². The molecule has 0 spiro atoms. The Morgan fingerprint density at radius 2 is 2.15 bits per heavy atom. The zero-order chi connectivity index (χ0) is 14.5. The van der Waals surface area contributed by atoms with E-state index in [1.54, 1.807) is 7.11 Å². The second kappa shape index (κ2) is 6.75. The van der Waals surface area contributed by atoms with Crippen molar-refractivity contribution in [1.29, 1.82) is 0 Å². The maximum absolute atomic E-state index is 11.0. The number of rotatable bonds is 6. The van der Waals surface area contributed by atoms with E-state index in [0.717, 1.165) is 31.6 Å². The number of likely N-dealkylation sites (tertiary alicyclic amines) is 1. The molecule has 1 heterocycles. The summed E-state index contributed by atoms with van der Waals surface area (Å²) in [5.41, 5.74) is 1.24. The summed E-state index contributed by atoms with van der Waals surface area (Å²) in [6.45, 7) is 3.15. The minimum absolute atomic E-state index is 0.166. The van der Waals surface area contributed by atoms with Crippen molar-refractivity contribution < 1.29 is 14.6 Å². The Labute approximate surface area is 120 Å². The second-order valence-corrected chi connectivity index (χ2v) is 5.33. The van der Waals surface area contributed by atoms with E-state index in [1.807, 2.05) is 12.1 Å². The largest absolute Gasteiger partial charge is 0.497 e. The molecule has 0 radical (unpaired) electrons. The van der Waals surface area contributed by atoms with Crippen molar-refractivity contribution in [3.8, 4) is 5.75 Å². The minimum Gasteiger partial charge on any atom is -0.497 e. The second-order valence-electron chi connectivity index (χ2n) is 5.33. The van der Waals surface area contributed by atoms with Gasteiger partial charge >= 0.3 is 5.97 Å². The molecule has 2 rings (SSSR count). The predicted octanol–water partition coefficient (Wildman–Crippen LogP) is 3.09. The third kappa shape index (κ3) is 3.31. The summed E-state index contributed by atoms with van der Waals surface area (Å²) in [7, 11) is 1.66. The van der Waals surface area contributed by atoms with Crippen molar-refractivity contribution in [3.63, 3.8) is 0 Å². The summed E-state index contributed by atoms with van der Waals surface area (Å²) >= 11 is 0. The van der Waals surface area contributed by atoms with Crippen LogP contribution in [0.15, 0.2) is 24.3 Å². The quantitative estimate of drug-likeness (QED) is 0.868. The highest BCUT2D eigenvalue weighted by Gasteiger charge is 2.31. The Morgan fingerprint density at radius 3 is 2.70 bits per heavy atom. The van der Waals surface area contributed by atoms with Crippen LogP contribution in [0.3, 0.4) is 0 Å².